The van der Waals surface area contributed by atoms with Crippen molar-refractivity contribution < 1.29 is 14.6 Å². The fourth-order valence-electron chi connectivity index (χ4n) is 2.66. The highest BCUT2D eigenvalue weighted by atomic mass is 16.7. The van der Waals surface area contributed by atoms with Gasteiger partial charge in [-0.25, -0.2) is 4.79 Å². The lowest BCUT2D eigenvalue weighted by atomic mass is 10.1. The van der Waals surface area contributed by atoms with E-state index >= 15 is 0 Å². The van der Waals surface area contributed by atoms with Gasteiger partial charge in [0.2, 0.25) is 0 Å². The summed E-state index contributed by atoms with van der Waals surface area (Å²) in [4.78, 5) is 27.1. The average Bonchev–Trinajstić information content (AvgIpc) is 2.63. The van der Waals surface area contributed by atoms with E-state index in [-0.39, 0.29) is 26.4 Å². The second-order valence-electron chi connectivity index (χ2n) is 6.13. The number of rotatable bonds is 10. The summed E-state index contributed by atoms with van der Waals surface area (Å²) in [6, 6.07) is 7.25. The average molecular weight is 377 g/mol. The molecular weight excluding hydrogens is 350 g/mol. The predicted octanol–water partition coefficient (Wildman–Crippen LogP) is 1.52. The summed E-state index contributed by atoms with van der Waals surface area (Å²) in [6.07, 6.45) is 0.377. The molecule has 8 heteroatoms. The van der Waals surface area contributed by atoms with Crippen LogP contribution in [0.4, 0.5) is 11.5 Å². The van der Waals surface area contributed by atoms with Crippen molar-refractivity contribution in [1.82, 2.24) is 9.55 Å². The van der Waals surface area contributed by atoms with Crippen LogP contribution in [0, 0.1) is 6.92 Å². The Labute approximate surface area is 157 Å². The highest BCUT2D eigenvalue weighted by Gasteiger charge is 2.07. The first-order valence-corrected chi connectivity index (χ1v) is 8.99. The van der Waals surface area contributed by atoms with E-state index in [0.29, 0.717) is 5.82 Å². The zero-order valence-corrected chi connectivity index (χ0v) is 15.9. The Balaban J connectivity index is 2.04. The Morgan fingerprint density at radius 1 is 1.22 bits per heavy atom. The van der Waals surface area contributed by atoms with Gasteiger partial charge in [0.25, 0.3) is 5.56 Å². The van der Waals surface area contributed by atoms with E-state index in [1.165, 1.54) is 17.2 Å². The number of nitrogens with one attached hydrogen (secondary N) is 2. The van der Waals surface area contributed by atoms with Gasteiger partial charge in [-0.1, -0.05) is 13.0 Å². The van der Waals surface area contributed by atoms with Gasteiger partial charge in [-0.3, -0.25) is 14.3 Å². The molecule has 0 saturated carbocycles. The lowest BCUT2D eigenvalue weighted by Crippen LogP contribution is -2.36. The van der Waals surface area contributed by atoms with Gasteiger partial charge in [0.1, 0.15) is 5.82 Å². The third-order valence-corrected chi connectivity index (χ3v) is 4.14. The van der Waals surface area contributed by atoms with Crippen LogP contribution in [0.1, 0.15) is 25.0 Å². The van der Waals surface area contributed by atoms with Gasteiger partial charge in [-0.2, -0.15) is 0 Å². The van der Waals surface area contributed by atoms with Crippen molar-refractivity contribution in [2.24, 2.45) is 0 Å². The maximum absolute atomic E-state index is 12.3. The van der Waals surface area contributed by atoms with E-state index < -0.39 is 17.5 Å². The van der Waals surface area contributed by atoms with Crippen molar-refractivity contribution >= 4 is 11.5 Å². The van der Waals surface area contributed by atoms with Gasteiger partial charge < -0.3 is 19.9 Å². The fraction of sp³-hybridized carbons (Fsp3) is 0.474. The molecule has 0 bridgehead atoms. The molecule has 0 aliphatic carbocycles. The van der Waals surface area contributed by atoms with Crippen LogP contribution in [0.25, 0.3) is 0 Å². The van der Waals surface area contributed by atoms with E-state index in [4.69, 9.17) is 14.6 Å². The van der Waals surface area contributed by atoms with Crippen LogP contribution in [-0.2, 0) is 22.4 Å². The SMILES string of the molecule is CCc1cc(Nc2cc(=O)n(CCOC(C)OCCO)c(=O)[nH]2)ccc1C. The molecule has 0 aliphatic rings. The number of aromatic amines is 1. The molecule has 1 atom stereocenters. The third-order valence-electron chi connectivity index (χ3n) is 4.14. The molecule has 2 rings (SSSR count). The Morgan fingerprint density at radius 3 is 2.63 bits per heavy atom. The molecule has 1 aromatic heterocycles. The zero-order valence-electron chi connectivity index (χ0n) is 15.9. The summed E-state index contributed by atoms with van der Waals surface area (Å²) in [5.74, 6) is 0.340. The maximum atomic E-state index is 12.3. The highest BCUT2D eigenvalue weighted by Crippen LogP contribution is 2.18. The number of aliphatic hydroxyl groups is 1. The molecule has 0 amide bonds. The molecule has 2 aromatic rings. The van der Waals surface area contributed by atoms with E-state index in [0.717, 1.165) is 16.7 Å². The molecular formula is C19H27N3O5. The molecule has 8 nitrogen and oxygen atoms in total. The number of aryl methyl sites for hydroxylation is 2. The number of hydrogen-bond donors (Lipinski definition) is 3. The van der Waals surface area contributed by atoms with Crippen LogP contribution in [0.15, 0.2) is 33.9 Å². The highest BCUT2D eigenvalue weighted by molar-refractivity contribution is 5.57. The number of aliphatic hydroxyl groups excluding tert-OH is 1. The second kappa shape index (κ2) is 10.1. The Morgan fingerprint density at radius 2 is 1.96 bits per heavy atom. The van der Waals surface area contributed by atoms with Gasteiger partial charge in [-0.05, 0) is 43.5 Å². The van der Waals surface area contributed by atoms with Crippen LogP contribution >= 0.6 is 0 Å². The van der Waals surface area contributed by atoms with Crippen molar-refractivity contribution in [3.8, 4) is 0 Å². The predicted molar refractivity (Wildman–Crippen MR) is 104 cm³/mol. The first-order chi connectivity index (χ1) is 12.9. The molecule has 0 aliphatic heterocycles. The minimum atomic E-state index is -0.526. The number of benzene rings is 1. The number of H-pyrrole nitrogens is 1. The molecule has 0 saturated heterocycles. The van der Waals surface area contributed by atoms with E-state index in [9.17, 15) is 9.59 Å². The van der Waals surface area contributed by atoms with E-state index in [1.54, 1.807) is 6.92 Å². The molecule has 27 heavy (non-hydrogen) atoms. The van der Waals surface area contributed by atoms with Crippen LogP contribution in [0.5, 0.6) is 0 Å². The summed E-state index contributed by atoms with van der Waals surface area (Å²) in [6.45, 7) is 6.12. The van der Waals surface area contributed by atoms with E-state index in [2.05, 4.69) is 17.2 Å². The first kappa shape index (κ1) is 20.9. The largest absolute Gasteiger partial charge is 0.394 e. The summed E-state index contributed by atoms with van der Waals surface area (Å²) >= 11 is 0. The van der Waals surface area contributed by atoms with Gasteiger partial charge in [0.05, 0.1) is 26.4 Å². The van der Waals surface area contributed by atoms with Gasteiger partial charge in [0, 0.05) is 11.8 Å². The summed E-state index contributed by atoms with van der Waals surface area (Å²) in [5, 5.41) is 11.8. The Kier molecular flexibility index (Phi) is 7.78. The maximum Gasteiger partial charge on any atom is 0.329 e. The number of nitrogens with zero attached hydrogens (tertiary/aromatic N) is 1. The molecule has 0 radical (unpaired) electrons. The van der Waals surface area contributed by atoms with Gasteiger partial charge >= 0.3 is 5.69 Å². The van der Waals surface area contributed by atoms with Crippen molar-refractivity contribution in [2.45, 2.75) is 40.0 Å². The molecule has 0 spiro atoms. The Bertz CT molecular complexity index is 828. The van der Waals surface area contributed by atoms with Crippen LogP contribution in [0.3, 0.4) is 0 Å². The molecule has 1 aromatic carbocycles. The first-order valence-electron chi connectivity index (χ1n) is 8.99. The zero-order chi connectivity index (χ0) is 19.8. The molecule has 148 valence electrons. The van der Waals surface area contributed by atoms with Crippen LogP contribution < -0.4 is 16.6 Å². The number of anilines is 2. The topological polar surface area (TPSA) is 106 Å². The van der Waals surface area contributed by atoms with Crippen LogP contribution in [0.2, 0.25) is 0 Å². The van der Waals surface area contributed by atoms with Crippen molar-refractivity contribution in [3.05, 3.63) is 56.2 Å². The van der Waals surface area contributed by atoms with Gasteiger partial charge in [-0.15, -0.1) is 0 Å². The quantitative estimate of drug-likeness (QED) is 0.542. The van der Waals surface area contributed by atoms with Crippen molar-refractivity contribution in [2.75, 3.05) is 25.1 Å². The van der Waals surface area contributed by atoms with Gasteiger partial charge in [0.15, 0.2) is 6.29 Å². The standard InChI is InChI=1S/C19H27N3O5/c1-4-15-11-16(6-5-13(15)2)20-17-12-18(24)22(19(25)21-17)7-9-26-14(3)27-10-8-23/h5-6,11-12,14,20,23H,4,7-10H2,1-3H3,(H,21,25). The van der Waals surface area contributed by atoms with Crippen molar-refractivity contribution in [3.63, 3.8) is 0 Å². The summed E-state index contributed by atoms with van der Waals surface area (Å²) in [5.41, 5.74) is 2.27. The van der Waals surface area contributed by atoms with E-state index in [1.807, 2.05) is 25.1 Å². The fourth-order valence-corrected chi connectivity index (χ4v) is 2.66. The number of hydrogen-bond acceptors (Lipinski definition) is 6. The van der Waals surface area contributed by atoms with Crippen molar-refractivity contribution in [1.29, 1.82) is 0 Å². The molecule has 1 heterocycles. The normalized spacial score (nSPS) is 12.1. The minimum absolute atomic E-state index is 0.0952. The smallest absolute Gasteiger partial charge is 0.329 e. The molecule has 3 N–H and O–H groups in total. The third kappa shape index (κ3) is 6.06. The molecule has 0 fully saturated rings. The minimum Gasteiger partial charge on any atom is -0.394 e. The lowest BCUT2D eigenvalue weighted by Gasteiger charge is -2.14. The lowest BCUT2D eigenvalue weighted by molar-refractivity contribution is -0.137. The summed E-state index contributed by atoms with van der Waals surface area (Å²) in [7, 11) is 0. The van der Waals surface area contributed by atoms with Crippen LogP contribution in [-0.4, -0.2) is 40.8 Å². The molecule has 1 unspecified atom stereocenters. The summed E-state index contributed by atoms with van der Waals surface area (Å²) < 4.78 is 11.6. The number of ether oxygens (including phenoxy) is 2. The number of aromatic nitrogens is 2. The Hall–Kier alpha value is -2.42. The second-order valence-corrected chi connectivity index (χ2v) is 6.13. The monoisotopic (exact) mass is 377 g/mol.